The van der Waals surface area contributed by atoms with E-state index >= 15 is 0 Å². The first kappa shape index (κ1) is 12.5. The minimum Gasteiger partial charge on any atom is -0.258 e. The summed E-state index contributed by atoms with van der Waals surface area (Å²) in [6, 6.07) is 1.47. The molecule has 0 saturated heterocycles. The Kier molecular flexibility index (Phi) is 3.76. The third kappa shape index (κ3) is 3.03. The van der Waals surface area contributed by atoms with Crippen LogP contribution < -0.4 is 4.13 Å². The van der Waals surface area contributed by atoms with Crippen LogP contribution in [0.25, 0.3) is 0 Å². The Labute approximate surface area is 106 Å². The number of rotatable bonds is 3. The molecule has 0 saturated carbocycles. The Morgan fingerprint density at radius 2 is 2.41 bits per heavy atom. The highest BCUT2D eigenvalue weighted by Gasteiger charge is 2.21. The van der Waals surface area contributed by atoms with Gasteiger partial charge in [-0.25, -0.2) is 13.4 Å². The topological polar surface area (TPSA) is 91.2 Å². The number of thiophene rings is 1. The van der Waals surface area contributed by atoms with Crippen molar-refractivity contribution < 1.29 is 13.2 Å². The van der Waals surface area contributed by atoms with Gasteiger partial charge in [-0.3, -0.25) is 4.79 Å². The smallest absolute Gasteiger partial charge is 0.258 e. The number of nitrogens with one attached hydrogen (secondary N) is 1. The van der Waals surface area contributed by atoms with Crippen molar-refractivity contribution in [1.82, 2.24) is 9.14 Å². The molecule has 1 aromatic heterocycles. The number of carbonyl (C=O) groups excluding carboxylic acids is 1. The summed E-state index contributed by atoms with van der Waals surface area (Å²) in [4.78, 5) is 11.6. The molecule has 0 bridgehead atoms. The van der Waals surface area contributed by atoms with Crippen molar-refractivity contribution in [3.05, 3.63) is 16.8 Å². The van der Waals surface area contributed by atoms with Crippen LogP contribution in [0, 0.1) is 0 Å². The molecule has 10 heteroatoms. The summed E-state index contributed by atoms with van der Waals surface area (Å²) in [5.41, 5.74) is 0. The van der Waals surface area contributed by atoms with Crippen molar-refractivity contribution in [3.63, 3.8) is 0 Å². The second-order valence-electron chi connectivity index (χ2n) is 2.99. The van der Waals surface area contributed by atoms with Gasteiger partial charge < -0.3 is 0 Å². The number of carbonyl (C=O) groups is 1. The second-order valence-corrected chi connectivity index (χ2v) is 6.47. The van der Waals surface area contributed by atoms with Crippen LogP contribution in [-0.4, -0.2) is 31.8 Å². The number of amides is 1. The van der Waals surface area contributed by atoms with Gasteiger partial charge in [0.25, 0.3) is 10.0 Å². The number of sulfonamides is 1. The fraction of sp³-hybridized carbons (Fsp3) is 0.286. The van der Waals surface area contributed by atoms with Crippen LogP contribution in [0.5, 0.6) is 0 Å². The molecular formula is C7H8N4O3S3. The van der Waals surface area contributed by atoms with Gasteiger partial charge in [0.15, 0.2) is 0 Å². The zero-order valence-electron chi connectivity index (χ0n) is 8.44. The van der Waals surface area contributed by atoms with E-state index < -0.39 is 15.3 Å². The van der Waals surface area contributed by atoms with E-state index in [-0.39, 0.29) is 4.90 Å². The maximum absolute atomic E-state index is 11.7. The highest BCUT2D eigenvalue weighted by atomic mass is 32.3. The summed E-state index contributed by atoms with van der Waals surface area (Å²) in [5, 5.41) is 10.9. The third-order valence-corrected chi connectivity index (χ3v) is 5.14. The van der Waals surface area contributed by atoms with E-state index in [1.165, 1.54) is 22.8 Å². The molecule has 0 spiro atoms. The standard InChI is InChI=1S/C7H8N4O3S3/c12-7(11-3-2-8-9-11)16-10-17(13,14)6-1-4-15-5-6/h1,4-5,10H,2-3H2. The number of hydrogen-bond donors (Lipinski definition) is 1. The predicted octanol–water partition coefficient (Wildman–Crippen LogP) is 1.48. The van der Waals surface area contributed by atoms with Gasteiger partial charge in [-0.2, -0.15) is 16.5 Å². The van der Waals surface area contributed by atoms with E-state index in [1.807, 2.05) is 0 Å². The zero-order valence-corrected chi connectivity index (χ0v) is 10.9. The van der Waals surface area contributed by atoms with Crippen molar-refractivity contribution in [2.24, 2.45) is 10.3 Å². The fourth-order valence-electron chi connectivity index (χ4n) is 1.03. The fourth-order valence-corrected chi connectivity index (χ4v) is 3.89. The molecule has 2 rings (SSSR count). The van der Waals surface area contributed by atoms with Crippen molar-refractivity contribution in [1.29, 1.82) is 0 Å². The molecule has 1 N–H and O–H groups in total. The average molecular weight is 292 g/mol. The summed E-state index contributed by atoms with van der Waals surface area (Å²) in [5.74, 6) is 0. The average Bonchev–Trinajstić information content (AvgIpc) is 2.97. The Balaban J connectivity index is 1.94. The van der Waals surface area contributed by atoms with Crippen LogP contribution in [0.4, 0.5) is 4.79 Å². The lowest BCUT2D eigenvalue weighted by Crippen LogP contribution is -2.26. The van der Waals surface area contributed by atoms with Gasteiger partial charge in [-0.1, -0.05) is 5.22 Å². The maximum Gasteiger partial charge on any atom is 0.319 e. The van der Waals surface area contributed by atoms with Gasteiger partial charge in [0.2, 0.25) is 0 Å². The van der Waals surface area contributed by atoms with E-state index in [4.69, 9.17) is 0 Å². The molecule has 0 aliphatic carbocycles. The van der Waals surface area contributed by atoms with Crippen LogP contribution in [0.3, 0.4) is 0 Å². The predicted molar refractivity (Wildman–Crippen MR) is 64.1 cm³/mol. The molecule has 1 aliphatic rings. The molecule has 1 amide bonds. The monoisotopic (exact) mass is 292 g/mol. The van der Waals surface area contributed by atoms with Crippen LogP contribution in [-0.2, 0) is 10.0 Å². The molecule has 0 aromatic carbocycles. The second kappa shape index (κ2) is 5.12. The van der Waals surface area contributed by atoms with E-state index in [0.717, 1.165) is 5.01 Å². The van der Waals surface area contributed by atoms with Crippen molar-refractivity contribution in [2.75, 3.05) is 13.1 Å². The van der Waals surface area contributed by atoms with Crippen LogP contribution >= 0.6 is 23.3 Å². The Bertz CT molecular complexity index is 525. The highest BCUT2D eigenvalue weighted by molar-refractivity contribution is 8.18. The first-order valence-electron chi connectivity index (χ1n) is 4.49. The van der Waals surface area contributed by atoms with Gasteiger partial charge in [-0.15, -0.1) is 4.13 Å². The number of hydrogen-bond acceptors (Lipinski definition) is 7. The summed E-state index contributed by atoms with van der Waals surface area (Å²) in [6.07, 6.45) is 0. The molecule has 1 aromatic rings. The molecular weight excluding hydrogens is 284 g/mol. The Morgan fingerprint density at radius 1 is 1.59 bits per heavy atom. The SMILES string of the molecule is O=C(SNS(=O)(=O)c1ccsc1)N1CCN=N1. The van der Waals surface area contributed by atoms with Crippen molar-refractivity contribution in [3.8, 4) is 0 Å². The van der Waals surface area contributed by atoms with E-state index in [9.17, 15) is 13.2 Å². The normalized spacial score (nSPS) is 15.4. The molecule has 7 nitrogen and oxygen atoms in total. The van der Waals surface area contributed by atoms with Crippen LogP contribution in [0.15, 0.2) is 32.1 Å². The zero-order chi connectivity index (χ0) is 12.3. The van der Waals surface area contributed by atoms with Crippen molar-refractivity contribution in [2.45, 2.75) is 4.90 Å². The summed E-state index contributed by atoms with van der Waals surface area (Å²) < 4.78 is 25.5. The lowest BCUT2D eigenvalue weighted by molar-refractivity contribution is 0.230. The van der Waals surface area contributed by atoms with Crippen LogP contribution in [0.1, 0.15) is 0 Å². The maximum atomic E-state index is 11.7. The van der Waals surface area contributed by atoms with E-state index in [2.05, 4.69) is 14.5 Å². The largest absolute Gasteiger partial charge is 0.319 e. The molecule has 0 radical (unpaired) electrons. The molecule has 92 valence electrons. The lowest BCUT2D eigenvalue weighted by Gasteiger charge is -2.08. The van der Waals surface area contributed by atoms with Gasteiger partial charge >= 0.3 is 5.24 Å². The lowest BCUT2D eigenvalue weighted by atomic mass is 10.7. The molecule has 17 heavy (non-hydrogen) atoms. The van der Waals surface area contributed by atoms with Crippen LogP contribution in [0.2, 0.25) is 0 Å². The van der Waals surface area contributed by atoms with Gasteiger partial charge in [-0.05, 0) is 11.4 Å². The molecule has 0 fully saturated rings. The summed E-state index contributed by atoms with van der Waals surface area (Å²) >= 11 is 1.75. The molecule has 2 heterocycles. The minimum atomic E-state index is -3.64. The summed E-state index contributed by atoms with van der Waals surface area (Å²) in [6.45, 7) is 0.829. The quantitative estimate of drug-likeness (QED) is 0.854. The first-order chi connectivity index (χ1) is 8.09. The highest BCUT2D eigenvalue weighted by Crippen LogP contribution is 2.17. The minimum absolute atomic E-state index is 0.144. The third-order valence-electron chi connectivity index (χ3n) is 1.84. The van der Waals surface area contributed by atoms with E-state index in [1.54, 1.807) is 5.38 Å². The Morgan fingerprint density at radius 3 is 3.00 bits per heavy atom. The van der Waals surface area contributed by atoms with Gasteiger partial charge in [0, 0.05) is 17.3 Å². The first-order valence-corrected chi connectivity index (χ1v) is 7.73. The summed E-state index contributed by atoms with van der Waals surface area (Å²) in [7, 11) is -3.64. The Hall–Kier alpha value is -0.970. The molecule has 0 unspecified atom stereocenters. The molecule has 0 atom stereocenters. The number of nitrogens with zero attached hydrogens (tertiary/aromatic N) is 3. The van der Waals surface area contributed by atoms with Gasteiger partial charge in [0.05, 0.1) is 18.0 Å². The van der Waals surface area contributed by atoms with Crippen molar-refractivity contribution >= 4 is 38.5 Å². The molecule has 1 aliphatic heterocycles. The van der Waals surface area contributed by atoms with Gasteiger partial charge in [0.1, 0.15) is 0 Å². The van der Waals surface area contributed by atoms with E-state index in [0.29, 0.717) is 25.0 Å².